The third-order valence-corrected chi connectivity index (χ3v) is 4.11. The number of fused-ring (bicyclic) bond motifs is 1. The van der Waals surface area contributed by atoms with Crippen molar-refractivity contribution in [2.45, 2.75) is 6.92 Å². The lowest BCUT2D eigenvalue weighted by molar-refractivity contribution is 0.100. The van der Waals surface area contributed by atoms with Crippen molar-refractivity contribution < 1.29 is 4.79 Å². The van der Waals surface area contributed by atoms with Crippen LogP contribution in [0.3, 0.4) is 0 Å². The number of carbonyl (C=O) groups is 1. The van der Waals surface area contributed by atoms with Crippen molar-refractivity contribution in [3.63, 3.8) is 0 Å². The van der Waals surface area contributed by atoms with E-state index in [0.717, 1.165) is 22.2 Å². The van der Waals surface area contributed by atoms with Crippen LogP contribution in [0.4, 0.5) is 17.2 Å². The van der Waals surface area contributed by atoms with Crippen molar-refractivity contribution >= 4 is 34.0 Å². The van der Waals surface area contributed by atoms with Gasteiger partial charge in [-0.15, -0.1) is 0 Å². The van der Waals surface area contributed by atoms with Gasteiger partial charge in [-0.25, -0.2) is 4.98 Å². The van der Waals surface area contributed by atoms with E-state index in [2.05, 4.69) is 20.4 Å². The molecule has 27 heavy (non-hydrogen) atoms. The van der Waals surface area contributed by atoms with Crippen LogP contribution >= 0.6 is 0 Å². The van der Waals surface area contributed by atoms with Gasteiger partial charge in [0.15, 0.2) is 0 Å². The minimum atomic E-state index is -0.619. The molecule has 0 bridgehead atoms. The smallest absolute Gasteiger partial charge is 0.254 e. The van der Waals surface area contributed by atoms with Gasteiger partial charge >= 0.3 is 0 Å². The molecule has 0 aliphatic carbocycles. The highest BCUT2D eigenvalue weighted by atomic mass is 16.1. The summed E-state index contributed by atoms with van der Waals surface area (Å²) in [5.41, 5.74) is 14.8. The van der Waals surface area contributed by atoms with Crippen molar-refractivity contribution in [3.8, 4) is 5.95 Å². The predicted octanol–water partition coefficient (Wildman–Crippen LogP) is 2.55. The number of nitrogens with one attached hydrogen (secondary N) is 1. The second-order valence-corrected chi connectivity index (χ2v) is 6.17. The molecule has 134 valence electrons. The van der Waals surface area contributed by atoms with Gasteiger partial charge in [-0.05, 0) is 42.8 Å². The maximum atomic E-state index is 11.8. The summed E-state index contributed by atoms with van der Waals surface area (Å²) >= 11 is 0. The Hall–Kier alpha value is -3.94. The number of primary amides is 1. The van der Waals surface area contributed by atoms with Gasteiger partial charge in [-0.1, -0.05) is 12.1 Å². The number of carbonyl (C=O) groups excluding carboxylic acids is 1. The Bertz CT molecular complexity index is 1170. The number of benzene rings is 2. The van der Waals surface area contributed by atoms with Gasteiger partial charge in [0, 0.05) is 23.0 Å². The first-order valence-corrected chi connectivity index (χ1v) is 8.25. The number of nitrogens with two attached hydrogens (primary N) is 2. The van der Waals surface area contributed by atoms with E-state index in [-0.39, 0.29) is 5.56 Å². The first kappa shape index (κ1) is 16.5. The van der Waals surface area contributed by atoms with Crippen LogP contribution in [0.5, 0.6) is 0 Å². The van der Waals surface area contributed by atoms with Crippen LogP contribution in [0.2, 0.25) is 0 Å². The first-order valence-electron chi connectivity index (χ1n) is 8.25. The molecule has 8 nitrogen and oxygen atoms in total. The van der Waals surface area contributed by atoms with E-state index < -0.39 is 5.91 Å². The molecule has 2 aromatic heterocycles. The van der Waals surface area contributed by atoms with E-state index in [9.17, 15) is 4.79 Å². The molecule has 0 fully saturated rings. The van der Waals surface area contributed by atoms with E-state index in [1.54, 1.807) is 23.0 Å². The summed E-state index contributed by atoms with van der Waals surface area (Å²) in [6.07, 6.45) is 3.09. The maximum absolute atomic E-state index is 11.8. The first-order chi connectivity index (χ1) is 13.0. The Balaban J connectivity index is 1.83. The van der Waals surface area contributed by atoms with E-state index in [1.165, 1.54) is 6.20 Å². The maximum Gasteiger partial charge on any atom is 0.254 e. The zero-order valence-electron chi connectivity index (χ0n) is 14.5. The van der Waals surface area contributed by atoms with Gasteiger partial charge < -0.3 is 16.8 Å². The van der Waals surface area contributed by atoms with Crippen molar-refractivity contribution in [1.82, 2.24) is 19.7 Å². The second-order valence-electron chi connectivity index (χ2n) is 6.17. The molecule has 1 amide bonds. The lowest BCUT2D eigenvalue weighted by Crippen LogP contribution is -2.16. The number of hydrogen-bond donors (Lipinski definition) is 3. The highest BCUT2D eigenvalue weighted by molar-refractivity contribution is 5.98. The van der Waals surface area contributed by atoms with Crippen molar-refractivity contribution in [3.05, 3.63) is 66.0 Å². The third-order valence-electron chi connectivity index (χ3n) is 4.11. The minimum Gasteiger partial charge on any atom is -0.399 e. The van der Waals surface area contributed by atoms with Crippen LogP contribution in [0, 0.1) is 6.92 Å². The largest absolute Gasteiger partial charge is 0.399 e. The fourth-order valence-corrected chi connectivity index (χ4v) is 2.80. The average Bonchev–Trinajstić information content (AvgIpc) is 3.04. The topological polar surface area (TPSA) is 125 Å². The van der Waals surface area contributed by atoms with Gasteiger partial charge in [0.2, 0.25) is 0 Å². The molecule has 0 unspecified atom stereocenters. The Morgan fingerprint density at radius 1 is 1.15 bits per heavy atom. The zero-order chi connectivity index (χ0) is 19.0. The molecule has 0 saturated heterocycles. The van der Waals surface area contributed by atoms with Gasteiger partial charge in [0.1, 0.15) is 11.4 Å². The van der Waals surface area contributed by atoms with Gasteiger partial charge in [-0.3, -0.25) is 4.79 Å². The summed E-state index contributed by atoms with van der Waals surface area (Å²) in [7, 11) is 0. The fraction of sp³-hybridized carbons (Fsp3) is 0.0526. The number of amides is 1. The normalized spacial score (nSPS) is 10.9. The molecular weight excluding hydrogens is 342 g/mol. The molecule has 0 spiro atoms. The lowest BCUT2D eigenvalue weighted by Gasteiger charge is -2.11. The van der Waals surface area contributed by atoms with Crippen LogP contribution in [-0.4, -0.2) is 25.7 Å². The second kappa shape index (κ2) is 6.41. The number of aromatic nitrogens is 4. The molecular formula is C19H17N7O. The predicted molar refractivity (Wildman–Crippen MR) is 104 cm³/mol. The number of nitrogen functional groups attached to an aromatic ring is 1. The number of anilines is 3. The molecule has 0 aliphatic rings. The SMILES string of the molecule is Cc1cccc(Nc2nc(-n3ncc4ccc(N)cc43)ncc2C(N)=O)c1. The van der Waals surface area contributed by atoms with Crippen LogP contribution in [0.25, 0.3) is 16.9 Å². The number of rotatable bonds is 4. The average molecular weight is 359 g/mol. The molecule has 0 atom stereocenters. The summed E-state index contributed by atoms with van der Waals surface area (Å²) in [5, 5.41) is 8.38. The number of hydrogen-bond acceptors (Lipinski definition) is 6. The zero-order valence-corrected chi connectivity index (χ0v) is 14.5. The van der Waals surface area contributed by atoms with Crippen molar-refractivity contribution in [1.29, 1.82) is 0 Å². The molecule has 2 aromatic carbocycles. The van der Waals surface area contributed by atoms with Crippen molar-refractivity contribution in [2.75, 3.05) is 11.1 Å². The standard InChI is InChI=1S/C19H17N7O/c1-11-3-2-4-14(7-11)24-18-15(17(21)27)10-22-19(25-18)26-16-8-13(20)6-5-12(16)9-23-26/h2-10H,20H2,1H3,(H2,21,27)(H,22,24,25). The van der Waals surface area contributed by atoms with Crippen LogP contribution in [0.15, 0.2) is 54.9 Å². The number of nitrogens with zero attached hydrogens (tertiary/aromatic N) is 4. The molecule has 5 N–H and O–H groups in total. The van der Waals surface area contributed by atoms with E-state index >= 15 is 0 Å². The quantitative estimate of drug-likeness (QED) is 0.481. The minimum absolute atomic E-state index is 0.191. The van der Waals surface area contributed by atoms with E-state index in [0.29, 0.717) is 17.5 Å². The molecule has 0 aliphatic heterocycles. The highest BCUT2D eigenvalue weighted by Gasteiger charge is 2.15. The summed E-state index contributed by atoms with van der Waals surface area (Å²) in [6, 6.07) is 13.2. The lowest BCUT2D eigenvalue weighted by atomic mass is 10.2. The highest BCUT2D eigenvalue weighted by Crippen LogP contribution is 2.23. The van der Waals surface area contributed by atoms with Gasteiger partial charge in [-0.2, -0.15) is 14.8 Å². The van der Waals surface area contributed by atoms with E-state index in [1.807, 2.05) is 37.3 Å². The molecule has 4 rings (SSSR count). The number of aryl methyl sites for hydroxylation is 1. The van der Waals surface area contributed by atoms with Gasteiger partial charge in [0.05, 0.1) is 11.7 Å². The summed E-state index contributed by atoms with van der Waals surface area (Å²) < 4.78 is 1.57. The molecule has 8 heteroatoms. The Morgan fingerprint density at radius 3 is 2.78 bits per heavy atom. The Morgan fingerprint density at radius 2 is 2.00 bits per heavy atom. The molecule has 2 heterocycles. The molecule has 0 radical (unpaired) electrons. The summed E-state index contributed by atoms with van der Waals surface area (Å²) in [4.78, 5) is 20.5. The third kappa shape index (κ3) is 3.15. The van der Waals surface area contributed by atoms with E-state index in [4.69, 9.17) is 11.5 Å². The van der Waals surface area contributed by atoms with Crippen LogP contribution in [-0.2, 0) is 0 Å². The summed E-state index contributed by atoms with van der Waals surface area (Å²) in [5.74, 6) is -0.00678. The molecule has 0 saturated carbocycles. The van der Waals surface area contributed by atoms with Crippen LogP contribution in [0.1, 0.15) is 15.9 Å². The monoisotopic (exact) mass is 359 g/mol. The van der Waals surface area contributed by atoms with Crippen molar-refractivity contribution in [2.24, 2.45) is 5.73 Å². The molecule has 4 aromatic rings. The van der Waals surface area contributed by atoms with Crippen LogP contribution < -0.4 is 16.8 Å². The van der Waals surface area contributed by atoms with Gasteiger partial charge in [0.25, 0.3) is 11.9 Å². The summed E-state index contributed by atoms with van der Waals surface area (Å²) in [6.45, 7) is 1.98. The Kier molecular flexibility index (Phi) is 3.92. The fourth-order valence-electron chi connectivity index (χ4n) is 2.80. The Labute approximate surface area is 154 Å².